The molecule has 16 heavy (non-hydrogen) atoms. The molecular weight excluding hydrogens is 198 g/mol. The fourth-order valence-electron chi connectivity index (χ4n) is 2.11. The van der Waals surface area contributed by atoms with Crippen LogP contribution in [-0.4, -0.2) is 23.6 Å². The van der Waals surface area contributed by atoms with Gasteiger partial charge in [-0.3, -0.25) is 0 Å². The zero-order valence-electron chi connectivity index (χ0n) is 10.2. The van der Waals surface area contributed by atoms with Gasteiger partial charge in [0.05, 0.1) is 0 Å². The van der Waals surface area contributed by atoms with Crippen LogP contribution in [0.2, 0.25) is 0 Å². The lowest BCUT2D eigenvalue weighted by molar-refractivity contribution is 0.404. The van der Waals surface area contributed by atoms with Crippen LogP contribution in [0.25, 0.3) is 10.9 Å². The molecule has 1 heterocycles. The molecule has 2 aromatic rings. The number of rotatable bonds is 3. The highest BCUT2D eigenvalue weighted by Crippen LogP contribution is 2.22. The van der Waals surface area contributed by atoms with Crippen LogP contribution < -0.4 is 5.73 Å². The van der Waals surface area contributed by atoms with Crippen molar-refractivity contribution in [2.75, 3.05) is 14.1 Å². The first-order chi connectivity index (χ1) is 7.61. The Hall–Kier alpha value is -1.32. The average Bonchev–Trinajstić information content (AvgIpc) is 2.54. The van der Waals surface area contributed by atoms with Crippen LogP contribution >= 0.6 is 0 Å². The van der Waals surface area contributed by atoms with Crippen LogP contribution in [0.3, 0.4) is 0 Å². The van der Waals surface area contributed by atoms with Crippen LogP contribution in [-0.2, 0) is 20.1 Å². The zero-order chi connectivity index (χ0) is 11.7. The first-order valence-corrected chi connectivity index (χ1v) is 5.53. The van der Waals surface area contributed by atoms with E-state index in [4.69, 9.17) is 5.73 Å². The van der Waals surface area contributed by atoms with E-state index in [9.17, 15) is 0 Å². The predicted molar refractivity (Wildman–Crippen MR) is 68.2 cm³/mol. The molecule has 0 aliphatic heterocycles. The van der Waals surface area contributed by atoms with Gasteiger partial charge in [-0.05, 0) is 37.4 Å². The van der Waals surface area contributed by atoms with E-state index < -0.39 is 0 Å². The third kappa shape index (κ3) is 1.96. The number of hydrogen-bond acceptors (Lipinski definition) is 2. The highest BCUT2D eigenvalue weighted by atomic mass is 15.1. The van der Waals surface area contributed by atoms with Crippen LogP contribution in [0.15, 0.2) is 24.4 Å². The number of aromatic nitrogens is 1. The van der Waals surface area contributed by atoms with E-state index in [1.807, 2.05) is 0 Å². The minimum atomic E-state index is 0.603. The third-order valence-corrected chi connectivity index (χ3v) is 2.86. The van der Waals surface area contributed by atoms with Gasteiger partial charge in [0.1, 0.15) is 0 Å². The molecule has 3 heteroatoms. The standard InChI is InChI=1S/C13H19N3/c1-15(2)8-11-9-16(3)13-5-4-10(7-14)6-12(11)13/h4-6,9H,7-8,14H2,1-3H3. The maximum absolute atomic E-state index is 5.68. The smallest absolute Gasteiger partial charge is 0.0481 e. The summed E-state index contributed by atoms with van der Waals surface area (Å²) in [6.07, 6.45) is 2.20. The second-order valence-electron chi connectivity index (χ2n) is 4.56. The second-order valence-corrected chi connectivity index (χ2v) is 4.56. The minimum Gasteiger partial charge on any atom is -0.350 e. The van der Waals surface area contributed by atoms with Crippen molar-refractivity contribution in [2.24, 2.45) is 12.8 Å². The van der Waals surface area contributed by atoms with Crippen molar-refractivity contribution in [3.8, 4) is 0 Å². The van der Waals surface area contributed by atoms with Crippen molar-refractivity contribution in [1.82, 2.24) is 9.47 Å². The van der Waals surface area contributed by atoms with Gasteiger partial charge in [-0.15, -0.1) is 0 Å². The monoisotopic (exact) mass is 217 g/mol. The molecule has 0 unspecified atom stereocenters. The molecule has 0 radical (unpaired) electrons. The van der Waals surface area contributed by atoms with Gasteiger partial charge in [0.2, 0.25) is 0 Å². The summed E-state index contributed by atoms with van der Waals surface area (Å²) in [6, 6.07) is 6.45. The highest BCUT2D eigenvalue weighted by molar-refractivity contribution is 5.84. The Balaban J connectivity index is 2.56. The molecule has 86 valence electrons. The quantitative estimate of drug-likeness (QED) is 0.849. The first-order valence-electron chi connectivity index (χ1n) is 5.53. The van der Waals surface area contributed by atoms with Crippen molar-refractivity contribution in [2.45, 2.75) is 13.1 Å². The van der Waals surface area contributed by atoms with E-state index >= 15 is 0 Å². The summed E-state index contributed by atoms with van der Waals surface area (Å²) in [5.41, 5.74) is 9.51. The Morgan fingerprint density at radius 2 is 2.06 bits per heavy atom. The van der Waals surface area contributed by atoms with Gasteiger partial charge in [0.15, 0.2) is 0 Å². The summed E-state index contributed by atoms with van der Waals surface area (Å²) in [7, 11) is 6.26. The molecule has 2 rings (SSSR count). The highest BCUT2D eigenvalue weighted by Gasteiger charge is 2.07. The SMILES string of the molecule is CN(C)Cc1cn(C)c2ccc(CN)cc12. The van der Waals surface area contributed by atoms with Gasteiger partial charge in [0.25, 0.3) is 0 Å². The summed E-state index contributed by atoms with van der Waals surface area (Å²) in [5, 5.41) is 1.32. The minimum absolute atomic E-state index is 0.603. The fourth-order valence-corrected chi connectivity index (χ4v) is 2.11. The predicted octanol–water partition coefficient (Wildman–Crippen LogP) is 1.70. The summed E-state index contributed by atoms with van der Waals surface area (Å²) in [4.78, 5) is 2.18. The normalized spacial score (nSPS) is 11.6. The van der Waals surface area contributed by atoms with Crippen molar-refractivity contribution in [1.29, 1.82) is 0 Å². The molecule has 2 N–H and O–H groups in total. The molecule has 0 amide bonds. The van der Waals surface area contributed by atoms with Crippen molar-refractivity contribution in [3.05, 3.63) is 35.5 Å². The van der Waals surface area contributed by atoms with Crippen LogP contribution in [0.5, 0.6) is 0 Å². The lowest BCUT2D eigenvalue weighted by Crippen LogP contribution is -2.10. The maximum Gasteiger partial charge on any atom is 0.0481 e. The first kappa shape index (κ1) is 11.2. The van der Waals surface area contributed by atoms with Crippen LogP contribution in [0, 0.1) is 0 Å². The fraction of sp³-hybridized carbons (Fsp3) is 0.385. The molecule has 1 aromatic carbocycles. The molecule has 3 nitrogen and oxygen atoms in total. The van der Waals surface area contributed by atoms with Gasteiger partial charge in [0, 0.05) is 37.2 Å². The molecule has 1 aromatic heterocycles. The van der Waals surface area contributed by atoms with Crippen LogP contribution in [0.4, 0.5) is 0 Å². The largest absolute Gasteiger partial charge is 0.350 e. The van der Waals surface area contributed by atoms with Crippen molar-refractivity contribution >= 4 is 10.9 Å². The number of nitrogens with zero attached hydrogens (tertiary/aromatic N) is 2. The Labute approximate surface area is 96.5 Å². The number of hydrogen-bond donors (Lipinski definition) is 1. The Kier molecular flexibility index (Phi) is 2.99. The Morgan fingerprint density at radius 3 is 2.69 bits per heavy atom. The lowest BCUT2D eigenvalue weighted by atomic mass is 10.1. The van der Waals surface area contributed by atoms with Gasteiger partial charge >= 0.3 is 0 Å². The van der Waals surface area contributed by atoms with Gasteiger partial charge < -0.3 is 15.2 Å². The number of aryl methyl sites for hydroxylation is 1. The third-order valence-electron chi connectivity index (χ3n) is 2.86. The average molecular weight is 217 g/mol. The maximum atomic E-state index is 5.68. The van der Waals surface area contributed by atoms with Gasteiger partial charge in [-0.25, -0.2) is 0 Å². The van der Waals surface area contributed by atoms with E-state index in [1.54, 1.807) is 0 Å². The van der Waals surface area contributed by atoms with E-state index in [1.165, 1.54) is 22.0 Å². The van der Waals surface area contributed by atoms with Crippen molar-refractivity contribution in [3.63, 3.8) is 0 Å². The zero-order valence-corrected chi connectivity index (χ0v) is 10.2. The number of fused-ring (bicyclic) bond motifs is 1. The lowest BCUT2D eigenvalue weighted by Gasteiger charge is -2.08. The molecular formula is C13H19N3. The molecule has 0 aliphatic rings. The van der Waals surface area contributed by atoms with E-state index in [0.717, 1.165) is 6.54 Å². The summed E-state index contributed by atoms with van der Waals surface area (Å²) < 4.78 is 2.18. The van der Waals surface area contributed by atoms with E-state index in [-0.39, 0.29) is 0 Å². The molecule has 0 spiro atoms. The molecule has 0 aliphatic carbocycles. The molecule has 0 fully saturated rings. The number of nitrogens with two attached hydrogens (primary N) is 1. The molecule has 0 atom stereocenters. The summed E-state index contributed by atoms with van der Waals surface area (Å²) >= 11 is 0. The Morgan fingerprint density at radius 1 is 1.31 bits per heavy atom. The van der Waals surface area contributed by atoms with Crippen LogP contribution in [0.1, 0.15) is 11.1 Å². The molecule has 0 bridgehead atoms. The summed E-state index contributed by atoms with van der Waals surface area (Å²) in [6.45, 7) is 1.57. The summed E-state index contributed by atoms with van der Waals surface area (Å²) in [5.74, 6) is 0. The van der Waals surface area contributed by atoms with Crippen molar-refractivity contribution < 1.29 is 0 Å². The molecule has 0 saturated carbocycles. The Bertz CT molecular complexity index is 497. The van der Waals surface area contributed by atoms with Gasteiger partial charge in [-0.1, -0.05) is 6.07 Å². The van der Waals surface area contributed by atoms with Gasteiger partial charge in [-0.2, -0.15) is 0 Å². The topological polar surface area (TPSA) is 34.2 Å². The number of benzene rings is 1. The van der Waals surface area contributed by atoms with E-state index in [0.29, 0.717) is 6.54 Å². The molecule has 0 saturated heterocycles. The van der Waals surface area contributed by atoms with E-state index in [2.05, 4.69) is 55.0 Å². The second kappa shape index (κ2) is 4.28.